The van der Waals surface area contributed by atoms with Gasteiger partial charge in [0.05, 0.1) is 5.57 Å². The third-order valence-electron chi connectivity index (χ3n) is 2.05. The maximum absolute atomic E-state index is 10.7. The van der Waals surface area contributed by atoms with Gasteiger partial charge in [0.2, 0.25) is 0 Å². The van der Waals surface area contributed by atoms with E-state index in [1.54, 1.807) is 18.5 Å². The van der Waals surface area contributed by atoms with Crippen molar-refractivity contribution >= 4 is 37.6 Å². The molecule has 1 aliphatic heterocycles. The average molecular weight is 180 g/mol. The van der Waals surface area contributed by atoms with E-state index in [1.807, 2.05) is 18.2 Å². The third-order valence-corrected chi connectivity index (χ3v) is 2.05. The zero-order valence-corrected chi connectivity index (χ0v) is 7.47. The lowest BCUT2D eigenvalue weighted by molar-refractivity contribution is -0.104. The van der Waals surface area contributed by atoms with E-state index in [4.69, 9.17) is 7.85 Å². The van der Waals surface area contributed by atoms with Crippen LogP contribution in [0.25, 0.3) is 5.57 Å². The zero-order chi connectivity index (χ0) is 9.97. The number of rotatable bonds is 2. The first-order chi connectivity index (χ1) is 6.81. The predicted octanol–water partition coefficient (Wildman–Crippen LogP) is -0.345. The maximum atomic E-state index is 10.7. The number of allylic oxidation sites excluding steroid dienone is 2. The fraction of sp³-hybridized carbons (Fsp3) is 0. The van der Waals surface area contributed by atoms with Gasteiger partial charge in [-0.25, -0.2) is 0 Å². The van der Waals surface area contributed by atoms with Crippen LogP contribution in [-0.4, -0.2) is 26.6 Å². The van der Waals surface area contributed by atoms with E-state index in [0.717, 1.165) is 17.4 Å². The average Bonchev–Trinajstić information content (AvgIpc) is 2.65. The molecule has 14 heavy (non-hydrogen) atoms. The van der Waals surface area contributed by atoms with Crippen molar-refractivity contribution in [3.8, 4) is 0 Å². The molecule has 0 atom stereocenters. The van der Waals surface area contributed by atoms with E-state index in [9.17, 15) is 4.79 Å². The Hall–Kier alpha value is -1.86. The van der Waals surface area contributed by atoms with Gasteiger partial charge in [0.1, 0.15) is 13.4 Å². The van der Waals surface area contributed by atoms with E-state index < -0.39 is 0 Å². The maximum Gasteiger partial charge on any atom is 0.303 e. The Labute approximate surface area is 83.1 Å². The van der Waals surface area contributed by atoms with Crippen molar-refractivity contribution in [2.75, 3.05) is 0 Å². The summed E-state index contributed by atoms with van der Waals surface area (Å²) in [5, 5.41) is 0. The summed E-state index contributed by atoms with van der Waals surface area (Å²) in [6, 6.07) is 7.39. The molecule has 0 saturated heterocycles. The summed E-state index contributed by atoms with van der Waals surface area (Å²) < 4.78 is 3.93. The molecule has 1 aromatic carbocycles. The van der Waals surface area contributed by atoms with Crippen molar-refractivity contribution in [3.63, 3.8) is 0 Å². The molecule has 0 saturated carbocycles. The fourth-order valence-electron chi connectivity index (χ4n) is 1.38. The molecular weight excluding hydrogens is 173 g/mol. The lowest BCUT2D eigenvalue weighted by Gasteiger charge is -1.98. The van der Waals surface area contributed by atoms with Crippen molar-refractivity contribution in [2.24, 2.45) is 0 Å². The molecule has 0 N–H and O–H groups in total. The standard InChI is InChI=1S/C11H7BNO/c12-10-3-1-2-8(4-10)11-6-13-5-9(11)7-14/h1-7H/q+1. The van der Waals surface area contributed by atoms with E-state index >= 15 is 0 Å². The Morgan fingerprint density at radius 2 is 2.14 bits per heavy atom. The molecule has 0 bridgehead atoms. The highest BCUT2D eigenvalue weighted by Gasteiger charge is 2.16. The Bertz CT molecular complexity index is 482. The second-order valence-electron chi connectivity index (χ2n) is 3.02. The van der Waals surface area contributed by atoms with Crippen molar-refractivity contribution in [3.05, 3.63) is 35.4 Å². The van der Waals surface area contributed by atoms with Gasteiger partial charge in [-0.1, -0.05) is 34.4 Å². The molecule has 1 aromatic rings. The summed E-state index contributed by atoms with van der Waals surface area (Å²) in [5.74, 6) is 0. The van der Waals surface area contributed by atoms with Crippen molar-refractivity contribution < 1.29 is 4.79 Å². The quantitative estimate of drug-likeness (QED) is 0.348. The minimum absolute atomic E-state index is 0.593. The molecule has 0 fully saturated rings. The van der Waals surface area contributed by atoms with Crippen LogP contribution < -0.4 is 10.1 Å². The minimum atomic E-state index is 0.593. The topological polar surface area (TPSA) is 31.2 Å². The molecule has 1 heterocycles. The normalized spacial score (nSPS) is 13.7. The largest absolute Gasteiger partial charge is 0.303 e. The van der Waals surface area contributed by atoms with Gasteiger partial charge in [-0.15, -0.1) is 0 Å². The van der Waals surface area contributed by atoms with Gasteiger partial charge in [-0.05, 0) is 5.56 Å². The smallest absolute Gasteiger partial charge is 0.298 e. The second kappa shape index (κ2) is 3.48. The SMILES string of the molecule is [B]c1cccc(C2=C(C=O)C=[N+]=C2)c1. The van der Waals surface area contributed by atoms with Gasteiger partial charge >= 0.3 is 12.4 Å². The summed E-state index contributed by atoms with van der Waals surface area (Å²) in [6.07, 6.45) is 4.01. The molecule has 0 unspecified atom stereocenters. The first kappa shape index (κ1) is 8.73. The molecule has 64 valence electrons. The van der Waals surface area contributed by atoms with Crippen LogP contribution in [0.5, 0.6) is 0 Å². The first-order valence-electron chi connectivity index (χ1n) is 4.23. The Balaban J connectivity index is 2.51. The fourth-order valence-corrected chi connectivity index (χ4v) is 1.38. The van der Waals surface area contributed by atoms with E-state index in [1.165, 1.54) is 0 Å². The molecular formula is C11H7BNO+. The van der Waals surface area contributed by atoms with E-state index in [2.05, 4.69) is 4.67 Å². The van der Waals surface area contributed by atoms with Crippen LogP contribution in [0.4, 0.5) is 0 Å². The lowest BCUT2D eigenvalue weighted by Crippen LogP contribution is -2.03. The van der Waals surface area contributed by atoms with Crippen molar-refractivity contribution in [2.45, 2.75) is 0 Å². The molecule has 2 rings (SSSR count). The van der Waals surface area contributed by atoms with Gasteiger partial charge in [0, 0.05) is 0 Å². The van der Waals surface area contributed by atoms with Gasteiger partial charge in [-0.3, -0.25) is 4.79 Å². The minimum Gasteiger partial charge on any atom is -0.298 e. The van der Waals surface area contributed by atoms with Crippen molar-refractivity contribution in [1.29, 1.82) is 0 Å². The van der Waals surface area contributed by atoms with Gasteiger partial charge in [-0.2, -0.15) is 0 Å². The van der Waals surface area contributed by atoms with Crippen LogP contribution in [0.1, 0.15) is 5.56 Å². The third kappa shape index (κ3) is 1.46. The Morgan fingerprint density at radius 1 is 1.29 bits per heavy atom. The highest BCUT2D eigenvalue weighted by atomic mass is 16.1. The first-order valence-corrected chi connectivity index (χ1v) is 4.23. The zero-order valence-electron chi connectivity index (χ0n) is 7.47. The summed E-state index contributed by atoms with van der Waals surface area (Å²) in [7, 11) is 5.65. The molecule has 2 nitrogen and oxygen atoms in total. The van der Waals surface area contributed by atoms with Crippen LogP contribution in [0.2, 0.25) is 0 Å². The number of hydrogen-bond donors (Lipinski definition) is 0. The molecule has 0 aromatic heterocycles. The van der Waals surface area contributed by atoms with Crippen LogP contribution >= 0.6 is 0 Å². The van der Waals surface area contributed by atoms with E-state index in [0.29, 0.717) is 11.0 Å². The molecule has 2 radical (unpaired) electrons. The number of carbonyl (C=O) groups is 1. The highest BCUT2D eigenvalue weighted by molar-refractivity contribution is 6.33. The molecule has 0 aliphatic carbocycles. The number of aldehydes is 1. The monoisotopic (exact) mass is 180 g/mol. The van der Waals surface area contributed by atoms with E-state index in [-0.39, 0.29) is 0 Å². The van der Waals surface area contributed by atoms with Crippen LogP contribution in [0.15, 0.2) is 29.8 Å². The van der Waals surface area contributed by atoms with Gasteiger partial charge in [0.25, 0.3) is 0 Å². The number of benzene rings is 1. The number of carbonyl (C=O) groups excluding carboxylic acids is 1. The van der Waals surface area contributed by atoms with Crippen LogP contribution in [0, 0.1) is 0 Å². The molecule has 0 amide bonds. The summed E-state index contributed by atoms with van der Waals surface area (Å²) >= 11 is 0. The lowest BCUT2D eigenvalue weighted by atomic mass is 9.92. The van der Waals surface area contributed by atoms with Crippen LogP contribution in [-0.2, 0) is 4.79 Å². The summed E-state index contributed by atoms with van der Waals surface area (Å²) in [4.78, 5) is 10.7. The highest BCUT2D eigenvalue weighted by Crippen LogP contribution is 2.14. The summed E-state index contributed by atoms with van der Waals surface area (Å²) in [5.41, 5.74) is 3.02. The van der Waals surface area contributed by atoms with Gasteiger partial charge in [0.15, 0.2) is 6.29 Å². The Morgan fingerprint density at radius 3 is 2.86 bits per heavy atom. The molecule has 0 spiro atoms. The number of nitrogens with zero attached hydrogens (tertiary/aromatic N) is 1. The van der Waals surface area contributed by atoms with Crippen LogP contribution in [0.3, 0.4) is 0 Å². The second-order valence-corrected chi connectivity index (χ2v) is 3.02. The predicted molar refractivity (Wildman–Crippen MR) is 59.1 cm³/mol. The van der Waals surface area contributed by atoms with Crippen molar-refractivity contribution in [1.82, 2.24) is 4.67 Å². The van der Waals surface area contributed by atoms with Gasteiger partial charge < -0.3 is 0 Å². The Kier molecular flexibility index (Phi) is 2.17. The molecule has 3 heteroatoms. The summed E-state index contributed by atoms with van der Waals surface area (Å²) in [6.45, 7) is 0. The molecule has 1 aliphatic rings. The number of hydrogen-bond acceptors (Lipinski definition) is 1.